The van der Waals surface area contributed by atoms with Crippen molar-refractivity contribution in [3.63, 3.8) is 0 Å². The van der Waals surface area contributed by atoms with Gasteiger partial charge in [0.2, 0.25) is 0 Å². The van der Waals surface area contributed by atoms with Crippen molar-refractivity contribution < 1.29 is 4.79 Å². The van der Waals surface area contributed by atoms with E-state index in [4.69, 9.17) is 0 Å². The first kappa shape index (κ1) is 17.0. The van der Waals surface area contributed by atoms with Crippen LogP contribution in [0.2, 0.25) is 0 Å². The molecule has 0 spiro atoms. The number of hydrogen-bond acceptors (Lipinski definition) is 5. The lowest BCUT2D eigenvalue weighted by atomic mass is 10.1. The summed E-state index contributed by atoms with van der Waals surface area (Å²) < 4.78 is 1.84. The van der Waals surface area contributed by atoms with Crippen molar-refractivity contribution >= 4 is 11.6 Å². The van der Waals surface area contributed by atoms with Crippen molar-refractivity contribution in [3.05, 3.63) is 41.7 Å². The Morgan fingerprint density at radius 2 is 2.12 bits per heavy atom. The molecule has 26 heavy (non-hydrogen) atoms. The van der Waals surface area contributed by atoms with Crippen molar-refractivity contribution in [1.82, 2.24) is 25.6 Å². The minimum Gasteiger partial charge on any atom is -0.367 e. The van der Waals surface area contributed by atoms with Crippen LogP contribution in [-0.4, -0.2) is 53.1 Å². The lowest BCUT2D eigenvalue weighted by molar-refractivity contribution is 0.0949. The van der Waals surface area contributed by atoms with Gasteiger partial charge in [-0.15, -0.1) is 5.10 Å². The molecular weight excluding hydrogens is 328 g/mol. The fraction of sp³-hybridized carbons (Fsp3) is 0.526. The molecule has 1 amide bonds. The van der Waals surface area contributed by atoms with Crippen molar-refractivity contribution in [2.75, 3.05) is 31.1 Å². The number of amides is 1. The Morgan fingerprint density at radius 1 is 1.31 bits per heavy atom. The molecule has 138 valence electrons. The van der Waals surface area contributed by atoms with Crippen LogP contribution in [0.25, 0.3) is 0 Å². The number of nitrogens with one attached hydrogen (secondary N) is 2. The first-order chi connectivity index (χ1) is 12.7. The SMILES string of the molecule is CC1Cc2ccccc2N1CCNC(=O)c1cn(C2CCNCC2)nn1. The predicted octanol–water partition coefficient (Wildman–Crippen LogP) is 1.38. The first-order valence-corrected chi connectivity index (χ1v) is 9.47. The smallest absolute Gasteiger partial charge is 0.273 e. The number of carbonyl (C=O) groups excluding carboxylic acids is 1. The molecule has 0 aliphatic carbocycles. The van der Waals surface area contributed by atoms with E-state index < -0.39 is 0 Å². The molecule has 1 saturated heterocycles. The van der Waals surface area contributed by atoms with E-state index >= 15 is 0 Å². The molecule has 1 aromatic carbocycles. The van der Waals surface area contributed by atoms with Gasteiger partial charge in [0.1, 0.15) is 0 Å². The van der Waals surface area contributed by atoms with Gasteiger partial charge in [-0.2, -0.15) is 0 Å². The minimum atomic E-state index is -0.148. The van der Waals surface area contributed by atoms with E-state index in [9.17, 15) is 4.79 Å². The molecule has 2 aliphatic heterocycles. The third-order valence-electron chi connectivity index (χ3n) is 5.41. The zero-order chi connectivity index (χ0) is 17.9. The van der Waals surface area contributed by atoms with Crippen molar-refractivity contribution in [1.29, 1.82) is 0 Å². The molecule has 0 bridgehead atoms. The Morgan fingerprint density at radius 3 is 2.96 bits per heavy atom. The molecule has 0 radical (unpaired) electrons. The Labute approximate surface area is 153 Å². The average molecular weight is 354 g/mol. The molecular formula is C19H26N6O. The van der Waals surface area contributed by atoms with Gasteiger partial charge >= 0.3 is 0 Å². The number of benzene rings is 1. The fourth-order valence-corrected chi connectivity index (χ4v) is 3.98. The number of aromatic nitrogens is 3. The zero-order valence-electron chi connectivity index (χ0n) is 15.2. The Hall–Kier alpha value is -2.41. The molecule has 3 heterocycles. The average Bonchev–Trinajstić information content (AvgIpc) is 3.28. The van der Waals surface area contributed by atoms with E-state index in [0.717, 1.165) is 38.9 Å². The zero-order valence-corrected chi connectivity index (χ0v) is 15.2. The van der Waals surface area contributed by atoms with Crippen LogP contribution in [-0.2, 0) is 6.42 Å². The highest BCUT2D eigenvalue weighted by atomic mass is 16.2. The highest BCUT2D eigenvalue weighted by molar-refractivity contribution is 5.91. The van der Waals surface area contributed by atoms with Gasteiger partial charge in [-0.25, -0.2) is 4.68 Å². The summed E-state index contributed by atoms with van der Waals surface area (Å²) in [6.07, 6.45) is 4.89. The van der Waals surface area contributed by atoms with E-state index in [1.54, 1.807) is 6.20 Å². The second-order valence-corrected chi connectivity index (χ2v) is 7.20. The van der Waals surface area contributed by atoms with Crippen LogP contribution in [0.4, 0.5) is 5.69 Å². The number of piperidine rings is 1. The number of hydrogen-bond donors (Lipinski definition) is 2. The number of para-hydroxylation sites is 1. The van der Waals surface area contributed by atoms with Crippen molar-refractivity contribution in [2.24, 2.45) is 0 Å². The van der Waals surface area contributed by atoms with E-state index in [-0.39, 0.29) is 5.91 Å². The van der Waals surface area contributed by atoms with Crippen molar-refractivity contribution in [3.8, 4) is 0 Å². The molecule has 1 fully saturated rings. The summed E-state index contributed by atoms with van der Waals surface area (Å²) in [7, 11) is 0. The summed E-state index contributed by atoms with van der Waals surface area (Å²) in [5.74, 6) is -0.148. The van der Waals surface area contributed by atoms with Gasteiger partial charge in [0.05, 0.1) is 12.2 Å². The minimum absolute atomic E-state index is 0.148. The standard InChI is InChI=1S/C19H26N6O/c1-14-12-15-4-2-3-5-18(15)24(14)11-10-21-19(26)17-13-25(23-22-17)16-6-8-20-9-7-16/h2-5,13-14,16,20H,6-12H2,1H3,(H,21,26). The normalized spacial score (nSPS) is 20.2. The molecule has 0 saturated carbocycles. The third-order valence-corrected chi connectivity index (χ3v) is 5.41. The predicted molar refractivity (Wildman–Crippen MR) is 100 cm³/mol. The second-order valence-electron chi connectivity index (χ2n) is 7.20. The van der Waals surface area contributed by atoms with Gasteiger partial charge < -0.3 is 15.5 Å². The Kier molecular flexibility index (Phi) is 4.88. The molecule has 2 aromatic rings. The van der Waals surface area contributed by atoms with E-state index in [1.807, 2.05) is 4.68 Å². The maximum Gasteiger partial charge on any atom is 0.273 e. The second kappa shape index (κ2) is 7.45. The number of nitrogens with zero attached hydrogens (tertiary/aromatic N) is 4. The van der Waals surface area contributed by atoms with Gasteiger partial charge in [-0.05, 0) is 50.9 Å². The van der Waals surface area contributed by atoms with Crippen molar-refractivity contribution in [2.45, 2.75) is 38.3 Å². The first-order valence-electron chi connectivity index (χ1n) is 9.47. The molecule has 2 N–H and O–H groups in total. The van der Waals surface area contributed by atoms with Gasteiger partial charge in [-0.1, -0.05) is 23.4 Å². The van der Waals surface area contributed by atoms with Crippen LogP contribution in [0.5, 0.6) is 0 Å². The van der Waals surface area contributed by atoms with Crippen LogP contribution in [0.15, 0.2) is 30.5 Å². The van der Waals surface area contributed by atoms with Crippen LogP contribution in [0, 0.1) is 0 Å². The molecule has 2 aliphatic rings. The Balaban J connectivity index is 1.31. The summed E-state index contributed by atoms with van der Waals surface area (Å²) in [5.41, 5.74) is 3.07. The summed E-state index contributed by atoms with van der Waals surface area (Å²) >= 11 is 0. The fourth-order valence-electron chi connectivity index (χ4n) is 3.98. The van der Waals surface area contributed by atoms with E-state index in [2.05, 4.69) is 57.0 Å². The lowest BCUT2D eigenvalue weighted by Gasteiger charge is -2.24. The lowest BCUT2D eigenvalue weighted by Crippen LogP contribution is -2.38. The van der Waals surface area contributed by atoms with Gasteiger partial charge in [0, 0.05) is 24.8 Å². The summed E-state index contributed by atoms with van der Waals surface area (Å²) in [6.45, 7) is 5.60. The summed E-state index contributed by atoms with van der Waals surface area (Å²) in [5, 5.41) is 14.5. The maximum atomic E-state index is 12.4. The quantitative estimate of drug-likeness (QED) is 0.849. The number of rotatable bonds is 5. The highest BCUT2D eigenvalue weighted by Gasteiger charge is 2.25. The van der Waals surface area contributed by atoms with Crippen LogP contribution in [0.1, 0.15) is 41.9 Å². The van der Waals surface area contributed by atoms with Crippen LogP contribution < -0.4 is 15.5 Å². The molecule has 7 heteroatoms. The maximum absolute atomic E-state index is 12.4. The monoisotopic (exact) mass is 354 g/mol. The van der Waals surface area contributed by atoms with Gasteiger partial charge in [0.15, 0.2) is 5.69 Å². The highest BCUT2D eigenvalue weighted by Crippen LogP contribution is 2.31. The van der Waals surface area contributed by atoms with E-state index in [1.165, 1.54) is 11.3 Å². The topological polar surface area (TPSA) is 75.1 Å². The number of carbonyl (C=O) groups is 1. The summed E-state index contributed by atoms with van der Waals surface area (Å²) in [6, 6.07) is 9.30. The van der Waals surface area contributed by atoms with Gasteiger partial charge in [0.25, 0.3) is 5.91 Å². The van der Waals surface area contributed by atoms with E-state index in [0.29, 0.717) is 24.3 Å². The molecule has 4 rings (SSSR count). The van der Waals surface area contributed by atoms with Gasteiger partial charge in [-0.3, -0.25) is 4.79 Å². The summed E-state index contributed by atoms with van der Waals surface area (Å²) in [4.78, 5) is 14.7. The number of anilines is 1. The molecule has 1 unspecified atom stereocenters. The van der Waals surface area contributed by atoms with Crippen LogP contribution in [0.3, 0.4) is 0 Å². The third kappa shape index (κ3) is 3.44. The van der Waals surface area contributed by atoms with Crippen LogP contribution >= 0.6 is 0 Å². The molecule has 1 atom stereocenters. The number of fused-ring (bicyclic) bond motifs is 1. The largest absolute Gasteiger partial charge is 0.367 e. The molecule has 1 aromatic heterocycles. The molecule has 7 nitrogen and oxygen atoms in total. The Bertz CT molecular complexity index is 767.